The molecule has 2 rings (SSSR count). The Morgan fingerprint density at radius 2 is 1.84 bits per heavy atom. The van der Waals surface area contributed by atoms with Crippen LogP contribution in [-0.2, 0) is 14.8 Å². The molecule has 0 saturated carbocycles. The van der Waals surface area contributed by atoms with Crippen molar-refractivity contribution in [3.8, 4) is 5.75 Å². The van der Waals surface area contributed by atoms with E-state index in [4.69, 9.17) is 4.74 Å². The maximum Gasteiger partial charge on any atom is 0.339 e. The molecule has 0 radical (unpaired) electrons. The molecule has 2 aromatic carbocycles. The van der Waals surface area contributed by atoms with Crippen LogP contribution < -0.4 is 9.46 Å². The highest BCUT2D eigenvalue weighted by atomic mass is 32.2. The van der Waals surface area contributed by atoms with Gasteiger partial charge in [-0.25, -0.2) is 13.2 Å². The summed E-state index contributed by atoms with van der Waals surface area (Å²) in [6.07, 6.45) is 0. The van der Waals surface area contributed by atoms with Gasteiger partial charge in [0.2, 0.25) is 0 Å². The van der Waals surface area contributed by atoms with E-state index in [9.17, 15) is 23.3 Å². The largest absolute Gasteiger partial charge is 0.495 e. The minimum atomic E-state index is -4.23. The normalized spacial score (nSPS) is 10.8. The number of methoxy groups -OCH3 is 2. The van der Waals surface area contributed by atoms with E-state index in [1.165, 1.54) is 43.5 Å². The van der Waals surface area contributed by atoms with E-state index in [0.29, 0.717) is 0 Å². The number of esters is 1. The predicted octanol–water partition coefficient (Wildman–Crippen LogP) is 2.19. The Bertz CT molecular complexity index is 925. The van der Waals surface area contributed by atoms with Crippen LogP contribution in [0, 0.1) is 10.1 Å². The average molecular weight is 366 g/mol. The summed E-state index contributed by atoms with van der Waals surface area (Å²) in [6, 6.07) is 8.91. The molecule has 0 aliphatic rings. The van der Waals surface area contributed by atoms with Gasteiger partial charge in [-0.05, 0) is 18.2 Å². The van der Waals surface area contributed by atoms with Gasteiger partial charge in [0, 0.05) is 12.1 Å². The number of ether oxygens (including phenoxy) is 2. The Hall–Kier alpha value is -3.14. The minimum Gasteiger partial charge on any atom is -0.495 e. The van der Waals surface area contributed by atoms with E-state index >= 15 is 0 Å². The van der Waals surface area contributed by atoms with Gasteiger partial charge in [-0.1, -0.05) is 12.1 Å². The standard InChI is InChI=1S/C15H14N2O7S/c1-23-13-8-7-10(17(19)20)9-12(13)16-25(21,22)14-6-4-3-5-11(14)15(18)24-2/h3-9,16H,1-2H3. The second kappa shape index (κ2) is 7.18. The lowest BCUT2D eigenvalue weighted by Gasteiger charge is -2.13. The Morgan fingerprint density at radius 3 is 2.44 bits per heavy atom. The van der Waals surface area contributed by atoms with Crippen molar-refractivity contribution in [1.29, 1.82) is 0 Å². The summed E-state index contributed by atoms with van der Waals surface area (Å²) in [5, 5.41) is 10.9. The van der Waals surface area contributed by atoms with Crippen molar-refractivity contribution in [1.82, 2.24) is 0 Å². The van der Waals surface area contributed by atoms with Crippen LogP contribution in [0.1, 0.15) is 10.4 Å². The molecule has 0 spiro atoms. The average Bonchev–Trinajstić information content (AvgIpc) is 2.60. The molecule has 0 bridgehead atoms. The number of nitrogens with one attached hydrogen (secondary N) is 1. The molecule has 0 amide bonds. The molecule has 0 saturated heterocycles. The second-order valence-corrected chi connectivity index (χ2v) is 6.39. The lowest BCUT2D eigenvalue weighted by atomic mass is 10.2. The third-order valence-corrected chi connectivity index (χ3v) is 4.64. The van der Waals surface area contributed by atoms with E-state index in [0.717, 1.165) is 13.2 Å². The number of carbonyl (C=O) groups excluding carboxylic acids is 1. The summed E-state index contributed by atoms with van der Waals surface area (Å²) in [6.45, 7) is 0. The lowest BCUT2D eigenvalue weighted by Crippen LogP contribution is -2.18. The van der Waals surface area contributed by atoms with E-state index in [2.05, 4.69) is 9.46 Å². The first kappa shape index (κ1) is 18.2. The minimum absolute atomic E-state index is 0.0877. The van der Waals surface area contributed by atoms with Crippen LogP contribution in [-0.4, -0.2) is 33.5 Å². The molecule has 0 unspecified atom stereocenters. The number of non-ortho nitro benzene ring substituents is 1. The van der Waals surface area contributed by atoms with Gasteiger partial charge in [0.15, 0.2) is 0 Å². The molecule has 10 heteroatoms. The number of sulfonamides is 1. The number of rotatable bonds is 6. The number of hydrogen-bond acceptors (Lipinski definition) is 7. The molecule has 0 aliphatic heterocycles. The zero-order chi connectivity index (χ0) is 18.6. The summed E-state index contributed by atoms with van der Waals surface area (Å²) in [5.74, 6) is -0.739. The first-order valence-electron chi connectivity index (χ1n) is 6.82. The Kier molecular flexibility index (Phi) is 5.22. The summed E-state index contributed by atoms with van der Waals surface area (Å²) < 4.78 is 37.1. The van der Waals surface area contributed by atoms with Crippen LogP contribution >= 0.6 is 0 Å². The molecule has 2 aromatic rings. The van der Waals surface area contributed by atoms with Crippen molar-refractivity contribution >= 4 is 27.4 Å². The van der Waals surface area contributed by atoms with Gasteiger partial charge in [0.1, 0.15) is 10.6 Å². The van der Waals surface area contributed by atoms with Crippen molar-refractivity contribution in [2.45, 2.75) is 4.90 Å². The topological polar surface area (TPSA) is 125 Å². The molecular weight excluding hydrogens is 352 g/mol. The van der Waals surface area contributed by atoms with Gasteiger partial charge in [0.05, 0.1) is 30.4 Å². The zero-order valence-electron chi connectivity index (χ0n) is 13.3. The Balaban J connectivity index is 2.52. The quantitative estimate of drug-likeness (QED) is 0.472. The monoisotopic (exact) mass is 366 g/mol. The van der Waals surface area contributed by atoms with Gasteiger partial charge in [-0.3, -0.25) is 14.8 Å². The summed E-state index contributed by atoms with van der Waals surface area (Å²) >= 11 is 0. The van der Waals surface area contributed by atoms with Crippen LogP contribution in [0.4, 0.5) is 11.4 Å². The molecular formula is C15H14N2O7S. The van der Waals surface area contributed by atoms with Gasteiger partial charge in [-0.2, -0.15) is 0 Å². The van der Waals surface area contributed by atoms with Gasteiger partial charge < -0.3 is 9.47 Å². The number of anilines is 1. The van der Waals surface area contributed by atoms with Crippen LogP contribution in [0.2, 0.25) is 0 Å². The third-order valence-electron chi connectivity index (χ3n) is 3.22. The number of benzene rings is 2. The smallest absolute Gasteiger partial charge is 0.339 e. The molecule has 0 aliphatic carbocycles. The molecule has 0 aromatic heterocycles. The van der Waals surface area contributed by atoms with Crippen LogP contribution in [0.25, 0.3) is 0 Å². The first-order chi connectivity index (χ1) is 11.8. The zero-order valence-corrected chi connectivity index (χ0v) is 14.1. The number of carbonyl (C=O) groups is 1. The van der Waals surface area contributed by atoms with E-state index in [1.807, 2.05) is 0 Å². The SMILES string of the molecule is COC(=O)c1ccccc1S(=O)(=O)Nc1cc([N+](=O)[O-])ccc1OC. The van der Waals surface area contributed by atoms with Crippen LogP contribution in [0.5, 0.6) is 5.75 Å². The molecule has 0 heterocycles. The third kappa shape index (κ3) is 3.86. The number of nitrogens with zero attached hydrogens (tertiary/aromatic N) is 1. The van der Waals surface area contributed by atoms with Crippen molar-refractivity contribution in [3.05, 3.63) is 58.1 Å². The van der Waals surface area contributed by atoms with E-state index in [1.54, 1.807) is 0 Å². The molecule has 25 heavy (non-hydrogen) atoms. The maximum atomic E-state index is 12.6. The molecule has 1 N–H and O–H groups in total. The highest BCUT2D eigenvalue weighted by molar-refractivity contribution is 7.92. The number of hydrogen-bond donors (Lipinski definition) is 1. The van der Waals surface area contributed by atoms with Crippen molar-refractivity contribution in [3.63, 3.8) is 0 Å². The lowest BCUT2D eigenvalue weighted by molar-refractivity contribution is -0.384. The van der Waals surface area contributed by atoms with E-state index < -0.39 is 20.9 Å². The second-order valence-electron chi connectivity index (χ2n) is 4.73. The van der Waals surface area contributed by atoms with Crippen LogP contribution in [0.15, 0.2) is 47.4 Å². The molecule has 9 nitrogen and oxygen atoms in total. The van der Waals surface area contributed by atoms with Crippen molar-refractivity contribution < 1.29 is 27.6 Å². The highest BCUT2D eigenvalue weighted by Gasteiger charge is 2.24. The fraction of sp³-hybridized carbons (Fsp3) is 0.133. The summed E-state index contributed by atoms with van der Waals surface area (Å²) in [7, 11) is -1.81. The number of nitro groups is 1. The summed E-state index contributed by atoms with van der Waals surface area (Å²) in [4.78, 5) is 21.7. The molecule has 0 atom stereocenters. The highest BCUT2D eigenvalue weighted by Crippen LogP contribution is 2.31. The van der Waals surface area contributed by atoms with Gasteiger partial charge >= 0.3 is 5.97 Å². The molecule has 0 fully saturated rings. The predicted molar refractivity (Wildman–Crippen MR) is 88.2 cm³/mol. The van der Waals surface area contributed by atoms with Gasteiger partial charge in [-0.15, -0.1) is 0 Å². The first-order valence-corrected chi connectivity index (χ1v) is 8.31. The van der Waals surface area contributed by atoms with Crippen molar-refractivity contribution in [2.75, 3.05) is 18.9 Å². The maximum absolute atomic E-state index is 12.6. The molecule has 132 valence electrons. The Labute approximate surface area is 143 Å². The number of nitro benzene ring substituents is 1. The van der Waals surface area contributed by atoms with Crippen LogP contribution in [0.3, 0.4) is 0 Å². The summed E-state index contributed by atoms with van der Waals surface area (Å²) in [5.41, 5.74) is -0.613. The van der Waals surface area contributed by atoms with E-state index in [-0.39, 0.29) is 27.6 Å². The fourth-order valence-electron chi connectivity index (χ4n) is 2.07. The Morgan fingerprint density at radius 1 is 1.16 bits per heavy atom. The fourth-order valence-corrected chi connectivity index (χ4v) is 3.33. The van der Waals surface area contributed by atoms with Gasteiger partial charge in [0.25, 0.3) is 15.7 Å². The van der Waals surface area contributed by atoms with Crippen molar-refractivity contribution in [2.24, 2.45) is 0 Å².